The molecular weight excluding hydrogens is 276 g/mol. The van der Waals surface area contributed by atoms with Crippen LogP contribution < -0.4 is 14.9 Å². The van der Waals surface area contributed by atoms with Gasteiger partial charge in [-0.25, -0.2) is 0 Å². The molecule has 108 valence electrons. The summed E-state index contributed by atoms with van der Waals surface area (Å²) in [5, 5.41) is 11.0. The van der Waals surface area contributed by atoms with Crippen LogP contribution in [-0.4, -0.2) is 34.3 Å². The van der Waals surface area contributed by atoms with Crippen LogP contribution in [0.15, 0.2) is 18.2 Å². The van der Waals surface area contributed by atoms with Gasteiger partial charge in [0, 0.05) is 0 Å². The normalized spacial score (nSPS) is 11.4. The van der Waals surface area contributed by atoms with Crippen LogP contribution in [0.2, 0.25) is 0 Å². The number of aryl methyl sites for hydroxylation is 1. The van der Waals surface area contributed by atoms with Crippen molar-refractivity contribution in [2.24, 2.45) is 7.05 Å². The predicted molar refractivity (Wildman–Crippen MR) is 64.8 cm³/mol. The summed E-state index contributed by atoms with van der Waals surface area (Å²) in [6.07, 6.45) is 0. The highest BCUT2D eigenvalue weighted by Crippen LogP contribution is 2.22. The Hall–Kier alpha value is -2.26. The van der Waals surface area contributed by atoms with E-state index in [1.807, 2.05) is 0 Å². The standard InChI is InChI=1S/C10H11BF3N4O2/c1-18-16-10(15-17-18)6-20-9-4-3-7(19-2)5-8(9)11(12,13)14/h3-5H,6H2,1-2H3/q-1. The number of aromatic nitrogens is 4. The van der Waals surface area contributed by atoms with Gasteiger partial charge < -0.3 is 22.4 Å². The van der Waals surface area contributed by atoms with Gasteiger partial charge in [-0.3, -0.25) is 0 Å². The molecule has 0 aliphatic heterocycles. The molecule has 0 bridgehead atoms. The van der Waals surface area contributed by atoms with Crippen molar-refractivity contribution in [1.82, 2.24) is 20.2 Å². The number of rotatable bonds is 5. The zero-order chi connectivity index (χ0) is 14.8. The lowest BCUT2D eigenvalue weighted by molar-refractivity contribution is 0.295. The molecule has 0 saturated carbocycles. The van der Waals surface area contributed by atoms with Crippen LogP contribution in [0.5, 0.6) is 11.5 Å². The molecule has 1 aromatic carbocycles. The van der Waals surface area contributed by atoms with Crippen LogP contribution >= 0.6 is 0 Å². The molecule has 0 radical (unpaired) electrons. The fraction of sp³-hybridized carbons (Fsp3) is 0.300. The average Bonchev–Trinajstić information content (AvgIpc) is 2.81. The first-order valence-electron chi connectivity index (χ1n) is 5.63. The molecule has 2 rings (SSSR count). The highest BCUT2D eigenvalue weighted by molar-refractivity contribution is 6.74. The summed E-state index contributed by atoms with van der Waals surface area (Å²) in [5.41, 5.74) is -0.853. The molecule has 20 heavy (non-hydrogen) atoms. The Morgan fingerprint density at radius 2 is 2.05 bits per heavy atom. The third-order valence-electron chi connectivity index (χ3n) is 2.48. The van der Waals surface area contributed by atoms with E-state index in [1.165, 1.54) is 24.0 Å². The summed E-state index contributed by atoms with van der Waals surface area (Å²) >= 11 is 0. The van der Waals surface area contributed by atoms with Crippen molar-refractivity contribution in [2.45, 2.75) is 6.61 Å². The molecule has 0 unspecified atom stereocenters. The van der Waals surface area contributed by atoms with E-state index in [4.69, 9.17) is 9.47 Å². The van der Waals surface area contributed by atoms with Crippen molar-refractivity contribution in [3.8, 4) is 11.5 Å². The molecule has 1 aromatic heterocycles. The number of tetrazole rings is 1. The third-order valence-corrected chi connectivity index (χ3v) is 2.48. The van der Waals surface area contributed by atoms with Crippen LogP contribution in [0.3, 0.4) is 0 Å². The lowest BCUT2D eigenvalue weighted by atomic mass is 9.79. The first-order chi connectivity index (χ1) is 9.40. The van der Waals surface area contributed by atoms with Crippen LogP contribution in [0.1, 0.15) is 5.82 Å². The van der Waals surface area contributed by atoms with Gasteiger partial charge >= 0.3 is 6.98 Å². The molecule has 0 N–H and O–H groups in total. The molecule has 10 heteroatoms. The topological polar surface area (TPSA) is 62.1 Å². The maximum atomic E-state index is 13.0. The maximum Gasteiger partial charge on any atom is 0.513 e. The molecule has 0 aliphatic carbocycles. The lowest BCUT2D eigenvalue weighted by Gasteiger charge is -2.20. The van der Waals surface area contributed by atoms with Gasteiger partial charge in [-0.05, 0) is 23.4 Å². The average molecular weight is 287 g/mol. The van der Waals surface area contributed by atoms with Crippen molar-refractivity contribution in [3.05, 3.63) is 24.0 Å². The van der Waals surface area contributed by atoms with E-state index in [9.17, 15) is 12.9 Å². The monoisotopic (exact) mass is 287 g/mol. The van der Waals surface area contributed by atoms with Crippen molar-refractivity contribution in [3.63, 3.8) is 0 Å². The van der Waals surface area contributed by atoms with Gasteiger partial charge in [-0.15, -0.1) is 10.2 Å². The summed E-state index contributed by atoms with van der Waals surface area (Å²) in [5.74, 6) is 0.0267. The predicted octanol–water partition coefficient (Wildman–Crippen LogP) is 0.852. The number of hydrogen-bond donors (Lipinski definition) is 0. The van der Waals surface area contributed by atoms with Gasteiger partial charge in [0.2, 0.25) is 5.82 Å². The Morgan fingerprint density at radius 3 is 2.60 bits per heavy atom. The SMILES string of the molecule is COc1ccc(OCc2nnn(C)n2)c([B-](F)(F)F)c1. The Morgan fingerprint density at radius 1 is 1.30 bits per heavy atom. The number of ether oxygens (including phenoxy) is 2. The first kappa shape index (κ1) is 14.2. The Bertz CT molecular complexity index is 602. The maximum absolute atomic E-state index is 13.0. The van der Waals surface area contributed by atoms with Gasteiger partial charge in [0.25, 0.3) is 0 Å². The third kappa shape index (κ3) is 3.19. The lowest BCUT2D eigenvalue weighted by Crippen LogP contribution is -2.35. The van der Waals surface area contributed by atoms with Crippen molar-refractivity contribution < 1.29 is 22.4 Å². The second kappa shape index (κ2) is 5.39. The minimum atomic E-state index is -5.21. The number of hydrogen-bond acceptors (Lipinski definition) is 5. The Kier molecular flexibility index (Phi) is 3.82. The molecule has 6 nitrogen and oxygen atoms in total. The minimum absolute atomic E-state index is 0.115. The zero-order valence-electron chi connectivity index (χ0n) is 10.8. The fourth-order valence-corrected chi connectivity index (χ4v) is 1.56. The molecule has 2 aromatic rings. The van der Waals surface area contributed by atoms with Gasteiger partial charge in [0.05, 0.1) is 19.9 Å². The minimum Gasteiger partial charge on any atom is -0.497 e. The second-order valence-electron chi connectivity index (χ2n) is 3.96. The van der Waals surface area contributed by atoms with Crippen LogP contribution in [0, 0.1) is 0 Å². The van der Waals surface area contributed by atoms with Crippen molar-refractivity contribution in [1.29, 1.82) is 0 Å². The first-order valence-corrected chi connectivity index (χ1v) is 5.63. The second-order valence-corrected chi connectivity index (χ2v) is 3.96. The van der Waals surface area contributed by atoms with Crippen molar-refractivity contribution in [2.75, 3.05) is 7.11 Å². The van der Waals surface area contributed by atoms with E-state index in [2.05, 4.69) is 15.4 Å². The number of halogens is 3. The molecule has 0 atom stereocenters. The van der Waals surface area contributed by atoms with E-state index >= 15 is 0 Å². The van der Waals surface area contributed by atoms with E-state index in [0.717, 1.165) is 6.07 Å². The zero-order valence-corrected chi connectivity index (χ0v) is 10.8. The largest absolute Gasteiger partial charge is 0.513 e. The summed E-state index contributed by atoms with van der Waals surface area (Å²) < 4.78 is 48.8. The fourth-order valence-electron chi connectivity index (χ4n) is 1.56. The molecule has 1 heterocycles. The summed E-state index contributed by atoms with van der Waals surface area (Å²) in [6.45, 7) is -5.40. The van der Waals surface area contributed by atoms with Gasteiger partial charge in [0.15, 0.2) is 6.61 Å². The van der Waals surface area contributed by atoms with E-state index in [-0.39, 0.29) is 23.9 Å². The van der Waals surface area contributed by atoms with Gasteiger partial charge in [-0.1, -0.05) is 5.46 Å². The van der Waals surface area contributed by atoms with Crippen LogP contribution in [0.4, 0.5) is 12.9 Å². The molecule has 0 amide bonds. The molecule has 0 spiro atoms. The molecule has 0 saturated heterocycles. The molecule has 0 aliphatic rings. The van der Waals surface area contributed by atoms with Gasteiger partial charge in [0.1, 0.15) is 5.75 Å². The highest BCUT2D eigenvalue weighted by atomic mass is 19.4. The molecule has 0 fully saturated rings. The smallest absolute Gasteiger partial charge is 0.497 e. The summed E-state index contributed by atoms with van der Waals surface area (Å²) in [6, 6.07) is 3.50. The molecular formula is C10H11BF3N4O2-. The van der Waals surface area contributed by atoms with Crippen LogP contribution in [0.25, 0.3) is 0 Å². The summed E-state index contributed by atoms with van der Waals surface area (Å²) in [4.78, 5) is 1.20. The Balaban J connectivity index is 2.22. The van der Waals surface area contributed by atoms with E-state index < -0.39 is 12.4 Å². The van der Waals surface area contributed by atoms with E-state index in [0.29, 0.717) is 0 Å². The van der Waals surface area contributed by atoms with Gasteiger partial charge in [-0.2, -0.15) is 4.80 Å². The van der Waals surface area contributed by atoms with Crippen LogP contribution in [-0.2, 0) is 13.7 Å². The number of methoxy groups -OCH3 is 1. The number of benzene rings is 1. The van der Waals surface area contributed by atoms with E-state index in [1.54, 1.807) is 7.05 Å². The Labute approximate surface area is 112 Å². The quantitative estimate of drug-likeness (QED) is 0.763. The van der Waals surface area contributed by atoms with Crippen molar-refractivity contribution >= 4 is 12.4 Å². The highest BCUT2D eigenvalue weighted by Gasteiger charge is 2.30. The number of nitrogens with zero attached hydrogens (tertiary/aromatic N) is 4. The summed E-state index contributed by atoms with van der Waals surface area (Å²) in [7, 11) is 2.85.